The molecule has 11 heteroatoms. The second-order valence-electron chi connectivity index (χ2n) is 11.9. The number of carbonyl (C=O) groups is 2. The van der Waals surface area contributed by atoms with Crippen molar-refractivity contribution in [2.45, 2.75) is 62.0 Å². The third-order valence-corrected chi connectivity index (χ3v) is 10.8. The molecular formula is C37H39Cl2N3O5S. The summed E-state index contributed by atoms with van der Waals surface area (Å²) >= 11 is 12.5. The van der Waals surface area contributed by atoms with E-state index in [4.69, 9.17) is 27.9 Å². The first-order valence-corrected chi connectivity index (χ1v) is 18.1. The SMILES string of the molecule is COc1ccc(S(=O)(=O)N(CC(=O)N(Cc2cccc(Cl)c2)[C@H](Cc2ccccc2)C(=O)NC2CCCCC2)c2ccc(Cl)cc2)cc1. The normalized spacial score (nSPS) is 14.1. The third-order valence-electron chi connectivity index (χ3n) is 8.51. The molecule has 0 radical (unpaired) electrons. The van der Waals surface area contributed by atoms with Gasteiger partial charge in [0.1, 0.15) is 18.3 Å². The molecule has 4 aromatic carbocycles. The zero-order chi connectivity index (χ0) is 34.1. The van der Waals surface area contributed by atoms with E-state index in [0.29, 0.717) is 21.4 Å². The van der Waals surface area contributed by atoms with Gasteiger partial charge in [-0.15, -0.1) is 0 Å². The number of nitrogens with zero attached hydrogens (tertiary/aromatic N) is 2. The number of anilines is 1. The molecule has 0 aromatic heterocycles. The molecule has 0 heterocycles. The molecular weight excluding hydrogens is 669 g/mol. The van der Waals surface area contributed by atoms with Gasteiger partial charge >= 0.3 is 0 Å². The third kappa shape index (κ3) is 9.09. The number of amides is 2. The fourth-order valence-electron chi connectivity index (χ4n) is 5.94. The smallest absolute Gasteiger partial charge is 0.264 e. The van der Waals surface area contributed by atoms with Gasteiger partial charge in [0.15, 0.2) is 0 Å². The maximum absolute atomic E-state index is 14.7. The number of carbonyl (C=O) groups excluding carboxylic acids is 2. The van der Waals surface area contributed by atoms with E-state index >= 15 is 0 Å². The molecule has 48 heavy (non-hydrogen) atoms. The number of halogens is 2. The molecule has 1 fully saturated rings. The van der Waals surface area contributed by atoms with Crippen LogP contribution in [0.2, 0.25) is 10.0 Å². The lowest BCUT2D eigenvalue weighted by molar-refractivity contribution is -0.140. The van der Waals surface area contributed by atoms with Crippen molar-refractivity contribution < 1.29 is 22.7 Å². The van der Waals surface area contributed by atoms with Gasteiger partial charge in [0.25, 0.3) is 10.0 Å². The van der Waals surface area contributed by atoms with Gasteiger partial charge < -0.3 is 15.0 Å². The second kappa shape index (κ2) is 16.4. The highest BCUT2D eigenvalue weighted by molar-refractivity contribution is 7.92. The fourth-order valence-corrected chi connectivity index (χ4v) is 7.69. The highest BCUT2D eigenvalue weighted by Gasteiger charge is 2.35. The van der Waals surface area contributed by atoms with Crippen LogP contribution in [0.15, 0.2) is 108 Å². The Morgan fingerprint density at radius 1 is 0.833 bits per heavy atom. The molecule has 8 nitrogen and oxygen atoms in total. The Morgan fingerprint density at radius 3 is 2.15 bits per heavy atom. The van der Waals surface area contributed by atoms with Gasteiger partial charge in [-0.3, -0.25) is 13.9 Å². The number of hydrogen-bond acceptors (Lipinski definition) is 5. The first-order chi connectivity index (χ1) is 23.1. The maximum Gasteiger partial charge on any atom is 0.264 e. The molecule has 1 saturated carbocycles. The summed E-state index contributed by atoms with van der Waals surface area (Å²) in [6.45, 7) is -0.537. The number of hydrogen-bond donors (Lipinski definition) is 1. The van der Waals surface area contributed by atoms with Crippen LogP contribution in [0.3, 0.4) is 0 Å². The summed E-state index contributed by atoms with van der Waals surface area (Å²) in [7, 11) is -2.77. The highest BCUT2D eigenvalue weighted by Crippen LogP contribution is 2.28. The van der Waals surface area contributed by atoms with E-state index in [0.717, 1.165) is 42.0 Å². The summed E-state index contributed by atoms with van der Waals surface area (Å²) in [5.74, 6) is -0.345. The largest absolute Gasteiger partial charge is 0.497 e. The summed E-state index contributed by atoms with van der Waals surface area (Å²) in [6, 6.07) is 27.8. The molecule has 0 bridgehead atoms. The average Bonchev–Trinajstić information content (AvgIpc) is 3.10. The van der Waals surface area contributed by atoms with E-state index in [1.165, 1.54) is 24.1 Å². The maximum atomic E-state index is 14.7. The number of rotatable bonds is 13. The average molecular weight is 709 g/mol. The van der Waals surface area contributed by atoms with Gasteiger partial charge in [-0.25, -0.2) is 8.42 Å². The van der Waals surface area contributed by atoms with Crippen LogP contribution >= 0.6 is 23.2 Å². The van der Waals surface area contributed by atoms with Crippen LogP contribution < -0.4 is 14.4 Å². The topological polar surface area (TPSA) is 96.0 Å². The van der Waals surface area contributed by atoms with Gasteiger partial charge in [-0.2, -0.15) is 0 Å². The molecule has 1 aliphatic rings. The summed E-state index contributed by atoms with van der Waals surface area (Å²) in [4.78, 5) is 30.3. The minimum absolute atomic E-state index is 0.00802. The second-order valence-corrected chi connectivity index (χ2v) is 14.6. The molecule has 5 rings (SSSR count). The number of sulfonamides is 1. The summed E-state index contributed by atoms with van der Waals surface area (Å²) < 4.78 is 34.7. The Morgan fingerprint density at radius 2 is 1.50 bits per heavy atom. The van der Waals surface area contributed by atoms with Crippen molar-refractivity contribution in [3.05, 3.63) is 124 Å². The summed E-state index contributed by atoms with van der Waals surface area (Å²) in [6.07, 6.45) is 5.16. The number of benzene rings is 4. The van der Waals surface area contributed by atoms with Crippen LogP contribution in [0.25, 0.3) is 0 Å². The van der Waals surface area contributed by atoms with Crippen LogP contribution in [0, 0.1) is 0 Å². The zero-order valence-electron chi connectivity index (χ0n) is 26.7. The molecule has 0 spiro atoms. The van der Waals surface area contributed by atoms with Crippen molar-refractivity contribution in [3.8, 4) is 5.75 Å². The first-order valence-electron chi connectivity index (χ1n) is 15.9. The summed E-state index contributed by atoms with van der Waals surface area (Å²) in [5, 5.41) is 4.11. The Hall–Kier alpha value is -4.05. The van der Waals surface area contributed by atoms with Crippen LogP contribution in [-0.2, 0) is 32.6 Å². The number of nitrogens with one attached hydrogen (secondary N) is 1. The quantitative estimate of drug-likeness (QED) is 0.158. The van der Waals surface area contributed by atoms with Crippen LogP contribution in [0.5, 0.6) is 5.75 Å². The van der Waals surface area contributed by atoms with Gasteiger partial charge in [0.2, 0.25) is 11.8 Å². The number of methoxy groups -OCH3 is 1. The van der Waals surface area contributed by atoms with E-state index in [1.54, 1.807) is 54.6 Å². The van der Waals surface area contributed by atoms with E-state index in [-0.39, 0.29) is 35.5 Å². The van der Waals surface area contributed by atoms with E-state index in [2.05, 4.69) is 5.32 Å². The van der Waals surface area contributed by atoms with Gasteiger partial charge in [-0.1, -0.05) is 84.9 Å². The molecule has 0 unspecified atom stereocenters. The predicted octanol–water partition coefficient (Wildman–Crippen LogP) is 7.29. The van der Waals surface area contributed by atoms with Crippen LogP contribution in [0.4, 0.5) is 5.69 Å². The van der Waals surface area contributed by atoms with Crippen LogP contribution in [0.1, 0.15) is 43.2 Å². The Balaban J connectivity index is 1.56. The van der Waals surface area contributed by atoms with E-state index < -0.39 is 28.5 Å². The van der Waals surface area contributed by atoms with Gasteiger partial charge in [0, 0.05) is 29.1 Å². The number of ether oxygens (including phenoxy) is 1. The molecule has 0 aliphatic heterocycles. The highest BCUT2D eigenvalue weighted by atomic mass is 35.5. The molecule has 1 N–H and O–H groups in total. The fraction of sp³-hybridized carbons (Fsp3) is 0.297. The van der Waals surface area contributed by atoms with Gasteiger partial charge in [0.05, 0.1) is 17.7 Å². The van der Waals surface area contributed by atoms with Crippen molar-refractivity contribution in [3.63, 3.8) is 0 Å². The minimum atomic E-state index is -4.26. The lowest BCUT2D eigenvalue weighted by atomic mass is 9.94. The van der Waals surface area contributed by atoms with Crippen molar-refractivity contribution in [2.24, 2.45) is 0 Å². The molecule has 4 aromatic rings. The summed E-state index contributed by atoms with van der Waals surface area (Å²) in [5.41, 5.74) is 1.82. The monoisotopic (exact) mass is 707 g/mol. The Kier molecular flexibility index (Phi) is 12.0. The predicted molar refractivity (Wildman–Crippen MR) is 190 cm³/mol. The Bertz CT molecular complexity index is 1780. The van der Waals surface area contributed by atoms with E-state index in [1.807, 2.05) is 36.4 Å². The molecule has 2 amide bonds. The van der Waals surface area contributed by atoms with Gasteiger partial charge in [-0.05, 0) is 84.6 Å². The van der Waals surface area contributed by atoms with Crippen LogP contribution in [-0.4, -0.2) is 50.9 Å². The van der Waals surface area contributed by atoms with Crippen molar-refractivity contribution >= 4 is 50.7 Å². The van der Waals surface area contributed by atoms with Crippen molar-refractivity contribution in [2.75, 3.05) is 18.0 Å². The molecule has 1 atom stereocenters. The van der Waals surface area contributed by atoms with E-state index in [9.17, 15) is 18.0 Å². The van der Waals surface area contributed by atoms with Crippen molar-refractivity contribution in [1.82, 2.24) is 10.2 Å². The minimum Gasteiger partial charge on any atom is -0.497 e. The molecule has 0 saturated heterocycles. The Labute approximate surface area is 292 Å². The molecule has 252 valence electrons. The lowest BCUT2D eigenvalue weighted by Gasteiger charge is -2.35. The molecule has 1 aliphatic carbocycles. The first kappa shape index (κ1) is 35.3. The zero-order valence-corrected chi connectivity index (χ0v) is 29.1. The lowest BCUT2D eigenvalue weighted by Crippen LogP contribution is -2.55. The standard InChI is InChI=1S/C37H39Cl2N3O5S/c1-47-33-19-21-34(22-20-33)48(45,46)42(32-17-15-29(38)16-18-32)26-36(43)41(25-28-11-8-12-30(39)23-28)35(24-27-9-4-2-5-10-27)37(44)40-31-13-6-3-7-14-31/h2,4-5,8-12,15-23,31,35H,3,6-7,13-14,24-26H2,1H3,(H,40,44)/t35-/m1/s1. The van der Waals surface area contributed by atoms with Crippen molar-refractivity contribution in [1.29, 1.82) is 0 Å².